The highest BCUT2D eigenvalue weighted by molar-refractivity contribution is 5.78. The van der Waals surface area contributed by atoms with Gasteiger partial charge in [-0.25, -0.2) is 0 Å². The maximum Gasteiger partial charge on any atom is 0.260 e. The van der Waals surface area contributed by atoms with Crippen LogP contribution in [0.2, 0.25) is 0 Å². The standard InChI is InChI=1S/C12H19N3O2/c1-3-6-15-8-11(7-13-15)17-9-12(16)14(2)10-4-5-10/h7-8,10H,3-6,9H2,1-2H3. The molecule has 1 aromatic heterocycles. The summed E-state index contributed by atoms with van der Waals surface area (Å²) in [6.45, 7) is 3.07. The second kappa shape index (κ2) is 5.21. The van der Waals surface area contributed by atoms with Gasteiger partial charge in [0.15, 0.2) is 12.4 Å². The van der Waals surface area contributed by atoms with Crippen LogP contribution in [0.4, 0.5) is 0 Å². The number of nitrogens with zero attached hydrogens (tertiary/aromatic N) is 3. The van der Waals surface area contributed by atoms with Crippen molar-refractivity contribution in [2.75, 3.05) is 13.7 Å². The number of likely N-dealkylation sites (N-methyl/N-ethyl adjacent to an activating group) is 1. The van der Waals surface area contributed by atoms with Crippen molar-refractivity contribution in [3.8, 4) is 5.75 Å². The topological polar surface area (TPSA) is 47.4 Å². The van der Waals surface area contributed by atoms with Gasteiger partial charge in [0.05, 0.1) is 12.4 Å². The van der Waals surface area contributed by atoms with Gasteiger partial charge >= 0.3 is 0 Å². The second-order valence-corrected chi connectivity index (χ2v) is 4.46. The van der Waals surface area contributed by atoms with Crippen LogP contribution in [0, 0.1) is 0 Å². The molecule has 1 fully saturated rings. The quantitative estimate of drug-likeness (QED) is 0.749. The first-order valence-electron chi connectivity index (χ1n) is 6.11. The van der Waals surface area contributed by atoms with E-state index in [1.807, 2.05) is 17.9 Å². The Kier molecular flexibility index (Phi) is 3.66. The van der Waals surface area contributed by atoms with Crippen LogP contribution in [0.25, 0.3) is 0 Å². The maximum absolute atomic E-state index is 11.7. The van der Waals surface area contributed by atoms with Gasteiger partial charge in [-0.2, -0.15) is 5.10 Å². The predicted octanol–water partition coefficient (Wildman–Crippen LogP) is 1.29. The summed E-state index contributed by atoms with van der Waals surface area (Å²) in [5, 5.41) is 4.14. The molecule has 1 aromatic rings. The lowest BCUT2D eigenvalue weighted by Gasteiger charge is -2.15. The molecule has 0 saturated heterocycles. The molecular formula is C12H19N3O2. The smallest absolute Gasteiger partial charge is 0.260 e. The molecule has 0 aliphatic heterocycles. The Morgan fingerprint density at radius 3 is 3.06 bits per heavy atom. The highest BCUT2D eigenvalue weighted by Gasteiger charge is 2.29. The summed E-state index contributed by atoms with van der Waals surface area (Å²) in [5.41, 5.74) is 0. The van der Waals surface area contributed by atoms with Crippen molar-refractivity contribution in [1.29, 1.82) is 0 Å². The Hall–Kier alpha value is -1.52. The second-order valence-electron chi connectivity index (χ2n) is 4.46. The molecule has 1 amide bonds. The Balaban J connectivity index is 1.78. The van der Waals surface area contributed by atoms with Crippen LogP contribution in [0.15, 0.2) is 12.4 Å². The third kappa shape index (κ3) is 3.22. The fraction of sp³-hybridized carbons (Fsp3) is 0.667. The molecule has 0 bridgehead atoms. The summed E-state index contributed by atoms with van der Waals surface area (Å²) in [4.78, 5) is 13.5. The lowest BCUT2D eigenvalue weighted by Crippen LogP contribution is -2.33. The zero-order valence-corrected chi connectivity index (χ0v) is 10.4. The largest absolute Gasteiger partial charge is 0.480 e. The van der Waals surface area contributed by atoms with Crippen LogP contribution >= 0.6 is 0 Å². The first kappa shape index (κ1) is 12.0. The first-order valence-corrected chi connectivity index (χ1v) is 6.11. The fourth-order valence-corrected chi connectivity index (χ4v) is 1.68. The zero-order valence-electron chi connectivity index (χ0n) is 10.4. The van der Waals surface area contributed by atoms with Gasteiger partial charge in [-0.05, 0) is 19.3 Å². The molecule has 1 saturated carbocycles. The molecule has 1 aliphatic carbocycles. The van der Waals surface area contributed by atoms with Crippen LogP contribution < -0.4 is 4.74 Å². The Labute approximate surface area is 101 Å². The SMILES string of the molecule is CCCn1cc(OCC(=O)N(C)C2CC2)cn1. The molecule has 0 unspecified atom stereocenters. The van der Waals surface area contributed by atoms with Gasteiger partial charge in [-0.1, -0.05) is 6.92 Å². The summed E-state index contributed by atoms with van der Waals surface area (Å²) in [6.07, 6.45) is 6.76. The van der Waals surface area contributed by atoms with Crippen molar-refractivity contribution in [2.45, 2.75) is 38.8 Å². The van der Waals surface area contributed by atoms with E-state index in [0.29, 0.717) is 11.8 Å². The molecule has 1 aliphatic rings. The number of ether oxygens (including phenoxy) is 1. The third-order valence-corrected chi connectivity index (χ3v) is 2.91. The van der Waals surface area contributed by atoms with E-state index < -0.39 is 0 Å². The Morgan fingerprint density at radius 1 is 1.65 bits per heavy atom. The molecule has 0 radical (unpaired) electrons. The van der Waals surface area contributed by atoms with E-state index in [1.54, 1.807) is 11.1 Å². The molecule has 2 rings (SSSR count). The summed E-state index contributed by atoms with van der Waals surface area (Å²) >= 11 is 0. The van der Waals surface area contributed by atoms with Crippen LogP contribution in [0.3, 0.4) is 0 Å². The number of aryl methyl sites for hydroxylation is 1. The average Bonchev–Trinajstić information content (AvgIpc) is 3.08. The van der Waals surface area contributed by atoms with Gasteiger partial charge in [0.2, 0.25) is 0 Å². The normalized spacial score (nSPS) is 14.7. The van der Waals surface area contributed by atoms with E-state index in [4.69, 9.17) is 4.74 Å². The van der Waals surface area contributed by atoms with Crippen molar-refractivity contribution in [3.63, 3.8) is 0 Å². The lowest BCUT2D eigenvalue weighted by molar-refractivity contribution is -0.132. The number of hydrogen-bond acceptors (Lipinski definition) is 3. The number of carbonyl (C=O) groups is 1. The first-order chi connectivity index (χ1) is 8.20. The highest BCUT2D eigenvalue weighted by atomic mass is 16.5. The molecule has 17 heavy (non-hydrogen) atoms. The van der Waals surface area contributed by atoms with Gasteiger partial charge in [0.25, 0.3) is 5.91 Å². The van der Waals surface area contributed by atoms with Crippen LogP contribution in [-0.4, -0.2) is 40.3 Å². The summed E-state index contributed by atoms with van der Waals surface area (Å²) in [5.74, 6) is 0.701. The maximum atomic E-state index is 11.7. The van der Waals surface area contributed by atoms with E-state index in [2.05, 4.69) is 12.0 Å². The Morgan fingerprint density at radius 2 is 2.41 bits per heavy atom. The van der Waals surface area contributed by atoms with Crippen molar-refractivity contribution >= 4 is 5.91 Å². The number of rotatable bonds is 6. The molecule has 0 atom stereocenters. The number of aromatic nitrogens is 2. The predicted molar refractivity (Wildman–Crippen MR) is 63.8 cm³/mol. The number of amides is 1. The van der Waals surface area contributed by atoms with Crippen LogP contribution in [0.5, 0.6) is 5.75 Å². The molecule has 0 spiro atoms. The summed E-state index contributed by atoms with van der Waals surface area (Å²) < 4.78 is 7.24. The van der Waals surface area contributed by atoms with Crippen molar-refractivity contribution in [1.82, 2.24) is 14.7 Å². The van der Waals surface area contributed by atoms with Crippen molar-refractivity contribution in [3.05, 3.63) is 12.4 Å². The van der Waals surface area contributed by atoms with Crippen LogP contribution in [0.1, 0.15) is 26.2 Å². The average molecular weight is 237 g/mol. The minimum Gasteiger partial charge on any atom is -0.480 e. The molecule has 0 aromatic carbocycles. The Bertz CT molecular complexity index is 385. The summed E-state index contributed by atoms with van der Waals surface area (Å²) in [6, 6.07) is 0.439. The molecular weight excluding hydrogens is 218 g/mol. The third-order valence-electron chi connectivity index (χ3n) is 2.91. The minimum absolute atomic E-state index is 0.0377. The van der Waals surface area contributed by atoms with Gasteiger partial charge in [-0.15, -0.1) is 0 Å². The highest BCUT2D eigenvalue weighted by Crippen LogP contribution is 2.25. The van der Waals surface area contributed by atoms with Crippen LogP contribution in [-0.2, 0) is 11.3 Å². The van der Waals surface area contributed by atoms with E-state index in [1.165, 1.54) is 0 Å². The zero-order chi connectivity index (χ0) is 12.3. The monoisotopic (exact) mass is 237 g/mol. The van der Waals surface area contributed by atoms with E-state index in [9.17, 15) is 4.79 Å². The van der Waals surface area contributed by atoms with Gasteiger partial charge < -0.3 is 9.64 Å². The van der Waals surface area contributed by atoms with Gasteiger partial charge in [0.1, 0.15) is 0 Å². The van der Waals surface area contributed by atoms with E-state index in [0.717, 1.165) is 25.8 Å². The van der Waals surface area contributed by atoms with Crippen molar-refractivity contribution < 1.29 is 9.53 Å². The molecule has 5 heteroatoms. The molecule has 5 nitrogen and oxygen atoms in total. The van der Waals surface area contributed by atoms with Crippen molar-refractivity contribution in [2.24, 2.45) is 0 Å². The van der Waals surface area contributed by atoms with Gasteiger partial charge in [0, 0.05) is 19.6 Å². The minimum atomic E-state index is 0.0377. The lowest BCUT2D eigenvalue weighted by atomic mass is 10.5. The van der Waals surface area contributed by atoms with E-state index >= 15 is 0 Å². The van der Waals surface area contributed by atoms with E-state index in [-0.39, 0.29) is 12.5 Å². The van der Waals surface area contributed by atoms with Gasteiger partial charge in [-0.3, -0.25) is 9.48 Å². The fourth-order valence-electron chi connectivity index (χ4n) is 1.68. The number of carbonyl (C=O) groups excluding carboxylic acids is 1. The number of hydrogen-bond donors (Lipinski definition) is 0. The molecule has 0 N–H and O–H groups in total. The summed E-state index contributed by atoms with van der Waals surface area (Å²) in [7, 11) is 1.84. The molecule has 94 valence electrons. The molecule has 1 heterocycles.